The summed E-state index contributed by atoms with van der Waals surface area (Å²) in [7, 11) is 3.52. The Labute approximate surface area is 339 Å². The van der Waals surface area contributed by atoms with Crippen molar-refractivity contribution in [1.29, 1.82) is 0 Å². The average molecular weight is 937 g/mol. The first-order chi connectivity index (χ1) is 25.2. The number of aryl methyl sites for hydroxylation is 2. The van der Waals surface area contributed by atoms with Crippen LogP contribution in [0.2, 0.25) is 0 Å². The van der Waals surface area contributed by atoms with Crippen molar-refractivity contribution in [3.63, 3.8) is 0 Å². The first-order valence-electron chi connectivity index (χ1n) is 17.4. The van der Waals surface area contributed by atoms with E-state index >= 15 is 0 Å². The first-order valence-corrected chi connectivity index (χ1v) is 24.1. The molecule has 0 radical (unpaired) electrons. The van der Waals surface area contributed by atoms with E-state index in [1.54, 1.807) is 17.9 Å². The van der Waals surface area contributed by atoms with Gasteiger partial charge in [0.1, 0.15) is 0 Å². The number of allylic oxidation sites excluding steroid dienone is 1. The van der Waals surface area contributed by atoms with Crippen LogP contribution < -0.4 is 4.90 Å². The molecule has 6 heteroatoms. The molecular formula is C46H38I2N2S2. The summed E-state index contributed by atoms with van der Waals surface area (Å²) in [5.74, 6) is 0. The van der Waals surface area contributed by atoms with Gasteiger partial charge < -0.3 is 9.47 Å². The minimum atomic E-state index is -0.262. The Kier molecular flexibility index (Phi) is 9.64. The fraction of sp³-hybridized carbons (Fsp3) is 0.130. The van der Waals surface area contributed by atoms with Gasteiger partial charge in [0.2, 0.25) is 0 Å². The molecule has 1 aliphatic rings. The summed E-state index contributed by atoms with van der Waals surface area (Å²) in [6, 6.07) is 40.9. The highest BCUT2D eigenvalue weighted by Gasteiger charge is 2.39. The lowest BCUT2D eigenvalue weighted by Gasteiger charge is -2.28. The number of hydrogen-bond donors (Lipinski definition) is 0. The molecule has 2 nitrogen and oxygen atoms in total. The number of aromatic nitrogens is 1. The molecule has 7 aromatic rings. The number of anilines is 3. The SMILES string of the molecule is C=Cc1c(/C=C\C)c(-n2c3ccc(SI)cc3c3cc(SI)ccc32)cc2c1-c1ccc(N(c3ccc(C)cc3)c3cccc(C)c3)cc1C2(C)C. The van der Waals surface area contributed by atoms with Crippen LogP contribution in [0.15, 0.2) is 132 Å². The van der Waals surface area contributed by atoms with Gasteiger partial charge in [0, 0.05) is 91.0 Å². The predicted octanol–water partition coefficient (Wildman–Crippen LogP) is 15.7. The molecule has 0 saturated heterocycles. The molecule has 0 bridgehead atoms. The molecular weight excluding hydrogens is 898 g/mol. The van der Waals surface area contributed by atoms with E-state index in [0.717, 1.165) is 17.1 Å². The van der Waals surface area contributed by atoms with Crippen molar-refractivity contribution in [3.05, 3.63) is 155 Å². The van der Waals surface area contributed by atoms with Crippen LogP contribution in [-0.4, -0.2) is 4.57 Å². The van der Waals surface area contributed by atoms with Crippen LogP contribution in [0.25, 0.3) is 50.8 Å². The van der Waals surface area contributed by atoms with Gasteiger partial charge in [-0.05, 0) is 133 Å². The molecule has 0 aliphatic heterocycles. The van der Waals surface area contributed by atoms with Gasteiger partial charge in [-0.1, -0.05) is 92.4 Å². The average Bonchev–Trinajstić information content (AvgIpc) is 3.59. The van der Waals surface area contributed by atoms with Crippen LogP contribution in [0.1, 0.15) is 54.2 Å². The van der Waals surface area contributed by atoms with Gasteiger partial charge in [0.05, 0.1) is 16.7 Å². The number of fused-ring (bicyclic) bond motifs is 6. The largest absolute Gasteiger partial charge is 0.310 e. The third-order valence-electron chi connectivity index (χ3n) is 10.5. The zero-order valence-corrected chi connectivity index (χ0v) is 35.7. The maximum atomic E-state index is 4.45. The Morgan fingerprint density at radius 1 is 0.673 bits per heavy atom. The van der Waals surface area contributed by atoms with E-state index in [2.05, 4.69) is 220 Å². The maximum Gasteiger partial charge on any atom is 0.0543 e. The quantitative estimate of drug-likeness (QED) is 0.140. The van der Waals surface area contributed by atoms with Gasteiger partial charge in [-0.3, -0.25) is 0 Å². The van der Waals surface area contributed by atoms with Crippen LogP contribution in [0, 0.1) is 13.8 Å². The van der Waals surface area contributed by atoms with Crippen molar-refractivity contribution in [1.82, 2.24) is 4.57 Å². The van der Waals surface area contributed by atoms with E-state index in [9.17, 15) is 0 Å². The second-order valence-corrected chi connectivity index (χ2v) is 18.0. The van der Waals surface area contributed by atoms with Crippen molar-refractivity contribution in [2.75, 3.05) is 4.90 Å². The molecule has 258 valence electrons. The molecule has 0 unspecified atom stereocenters. The summed E-state index contributed by atoms with van der Waals surface area (Å²) in [6.45, 7) is 15.6. The zero-order chi connectivity index (χ0) is 36.3. The van der Waals surface area contributed by atoms with E-state index in [4.69, 9.17) is 0 Å². The van der Waals surface area contributed by atoms with Crippen molar-refractivity contribution < 1.29 is 0 Å². The van der Waals surface area contributed by atoms with E-state index in [1.807, 2.05) is 0 Å². The highest BCUT2D eigenvalue weighted by Crippen LogP contribution is 2.54. The fourth-order valence-corrected chi connectivity index (χ4v) is 10.2. The minimum absolute atomic E-state index is 0.262. The summed E-state index contributed by atoms with van der Waals surface area (Å²) in [5, 5.41) is 2.55. The molecule has 1 aliphatic carbocycles. The van der Waals surface area contributed by atoms with Crippen molar-refractivity contribution in [2.24, 2.45) is 0 Å². The lowest BCUT2D eigenvalue weighted by atomic mass is 9.81. The summed E-state index contributed by atoms with van der Waals surface area (Å²) >= 11 is 4.78. The smallest absolute Gasteiger partial charge is 0.0543 e. The van der Waals surface area contributed by atoms with E-state index in [0.29, 0.717) is 0 Å². The molecule has 1 aromatic heterocycles. The van der Waals surface area contributed by atoms with Gasteiger partial charge in [0.15, 0.2) is 0 Å². The predicted molar refractivity (Wildman–Crippen MR) is 247 cm³/mol. The van der Waals surface area contributed by atoms with Gasteiger partial charge in [-0.15, -0.1) is 0 Å². The van der Waals surface area contributed by atoms with Crippen LogP contribution in [0.5, 0.6) is 0 Å². The summed E-state index contributed by atoms with van der Waals surface area (Å²) < 4.78 is 2.48. The van der Waals surface area contributed by atoms with Gasteiger partial charge in [-0.2, -0.15) is 0 Å². The summed E-state index contributed by atoms with van der Waals surface area (Å²) in [5.41, 5.74) is 16.8. The molecule has 0 saturated carbocycles. The number of nitrogens with zero attached hydrogens (tertiary/aromatic N) is 2. The Morgan fingerprint density at radius 2 is 1.31 bits per heavy atom. The number of halogens is 2. The third-order valence-corrected chi connectivity index (χ3v) is 14.4. The molecule has 6 aromatic carbocycles. The fourth-order valence-electron chi connectivity index (χ4n) is 8.02. The van der Waals surface area contributed by atoms with E-state index < -0.39 is 0 Å². The molecule has 0 spiro atoms. The van der Waals surface area contributed by atoms with Crippen LogP contribution in [-0.2, 0) is 5.41 Å². The Bertz CT molecular complexity index is 2520. The molecule has 0 amide bonds. The number of benzene rings is 6. The molecule has 52 heavy (non-hydrogen) atoms. The Hall–Kier alpha value is -3.44. The number of hydrogen-bond acceptors (Lipinski definition) is 3. The third kappa shape index (κ3) is 5.85. The van der Waals surface area contributed by atoms with E-state index in [-0.39, 0.29) is 5.41 Å². The molecule has 8 rings (SSSR count). The van der Waals surface area contributed by atoms with E-state index in [1.165, 1.54) is 81.8 Å². The zero-order valence-electron chi connectivity index (χ0n) is 29.8. The minimum Gasteiger partial charge on any atom is -0.310 e. The Balaban J connectivity index is 1.38. The molecule has 0 fully saturated rings. The Morgan fingerprint density at radius 3 is 1.90 bits per heavy atom. The monoisotopic (exact) mass is 936 g/mol. The van der Waals surface area contributed by atoms with Gasteiger partial charge >= 0.3 is 0 Å². The first kappa shape index (κ1) is 35.6. The maximum absolute atomic E-state index is 4.45. The topological polar surface area (TPSA) is 8.17 Å². The lowest BCUT2D eigenvalue weighted by Crippen LogP contribution is -2.17. The standard InChI is InChI=1S/C46H38I2N2S2/c1-7-10-36-35(8-2)45-37-20-17-32(49(30-15-13-28(3)14-16-30)31-12-9-11-29(4)23-31)24-40(37)46(5,6)41(45)27-44(36)50-42-21-18-33(51-47)25-38(42)39-26-34(52-48)19-22-43(39)50/h7-27H,2H2,1,3-6H3/b10-7-. The van der Waals surface area contributed by atoms with Gasteiger partial charge in [0.25, 0.3) is 0 Å². The van der Waals surface area contributed by atoms with Crippen LogP contribution in [0.4, 0.5) is 17.1 Å². The van der Waals surface area contributed by atoms with Crippen molar-refractivity contribution in [2.45, 2.75) is 49.8 Å². The van der Waals surface area contributed by atoms with Crippen LogP contribution >= 0.6 is 60.3 Å². The summed E-state index contributed by atoms with van der Waals surface area (Å²) in [4.78, 5) is 4.90. The van der Waals surface area contributed by atoms with Crippen molar-refractivity contribution >= 4 is 111 Å². The van der Waals surface area contributed by atoms with Crippen LogP contribution in [0.3, 0.4) is 0 Å². The summed E-state index contributed by atoms with van der Waals surface area (Å²) in [6.07, 6.45) is 6.50. The molecule has 0 N–H and O–H groups in total. The highest BCUT2D eigenvalue weighted by molar-refractivity contribution is 14.2. The molecule has 1 heterocycles. The van der Waals surface area contributed by atoms with Gasteiger partial charge in [-0.25, -0.2) is 0 Å². The second kappa shape index (κ2) is 14.1. The second-order valence-electron chi connectivity index (χ2n) is 14.1. The normalized spacial score (nSPS) is 13.2. The molecule has 0 atom stereocenters. The van der Waals surface area contributed by atoms with Crippen molar-refractivity contribution in [3.8, 4) is 16.8 Å². The lowest BCUT2D eigenvalue weighted by molar-refractivity contribution is 0.660. The number of rotatable bonds is 8. The highest BCUT2D eigenvalue weighted by atomic mass is 127.